The van der Waals surface area contributed by atoms with E-state index in [1.807, 2.05) is 18.2 Å². The fourth-order valence-electron chi connectivity index (χ4n) is 14.0. The van der Waals surface area contributed by atoms with Gasteiger partial charge in [-0.15, -0.1) is 0 Å². The van der Waals surface area contributed by atoms with E-state index in [0.29, 0.717) is 37.3 Å². The van der Waals surface area contributed by atoms with Gasteiger partial charge in [0.25, 0.3) is 0 Å². The number of halogens is 1. The first-order chi connectivity index (χ1) is 26.4. The highest BCUT2D eigenvalue weighted by atomic mass is 35.5. The van der Waals surface area contributed by atoms with Crippen LogP contribution in [0.2, 0.25) is 5.02 Å². The van der Waals surface area contributed by atoms with Crippen LogP contribution < -0.4 is 0 Å². The van der Waals surface area contributed by atoms with E-state index in [1.165, 1.54) is 11.1 Å². The highest BCUT2D eigenvalue weighted by Crippen LogP contribution is 2.77. The van der Waals surface area contributed by atoms with Crippen molar-refractivity contribution in [3.63, 3.8) is 0 Å². The fraction of sp³-hybridized carbons (Fsp3) is 0.792. The summed E-state index contributed by atoms with van der Waals surface area (Å²) >= 11 is 6.42. The Kier molecular flexibility index (Phi) is 12.4. The second-order valence-corrected chi connectivity index (χ2v) is 22.3. The van der Waals surface area contributed by atoms with Crippen molar-refractivity contribution in [1.29, 1.82) is 0 Å². The number of aliphatic hydroxyl groups is 2. The van der Waals surface area contributed by atoms with E-state index in [4.69, 9.17) is 16.3 Å². The molecule has 0 aromatic heterocycles. The minimum absolute atomic E-state index is 0.00786. The number of fused-ring (bicyclic) bond motifs is 7. The number of likely N-dealkylation sites (N-methyl/N-ethyl adjacent to an activating group) is 1. The first kappa shape index (κ1) is 44.6. The molecule has 0 bridgehead atoms. The average molecular weight is 812 g/mol. The third kappa shape index (κ3) is 7.68. The van der Waals surface area contributed by atoms with Crippen molar-refractivity contribution in [1.82, 2.24) is 9.80 Å². The van der Waals surface area contributed by atoms with Crippen LogP contribution in [0, 0.1) is 56.2 Å². The summed E-state index contributed by atoms with van der Waals surface area (Å²) in [6.45, 7) is 22.9. The molecule has 5 aliphatic carbocycles. The number of carboxylic acid groups (broad SMARTS) is 1. The van der Waals surface area contributed by atoms with Crippen molar-refractivity contribution in [2.45, 2.75) is 151 Å². The summed E-state index contributed by atoms with van der Waals surface area (Å²) in [7, 11) is 4.19. The topological polar surface area (TPSA) is 111 Å². The van der Waals surface area contributed by atoms with Crippen LogP contribution in [0.5, 0.6) is 0 Å². The zero-order valence-corrected chi connectivity index (χ0v) is 37.8. The van der Waals surface area contributed by atoms with Crippen molar-refractivity contribution in [3.05, 3.63) is 46.0 Å². The van der Waals surface area contributed by atoms with Crippen LogP contribution in [0.3, 0.4) is 0 Å². The van der Waals surface area contributed by atoms with Gasteiger partial charge in [0.2, 0.25) is 0 Å². The van der Waals surface area contributed by atoms with Crippen molar-refractivity contribution in [2.75, 3.05) is 33.7 Å². The summed E-state index contributed by atoms with van der Waals surface area (Å²) < 4.78 is 6.20. The molecule has 0 heterocycles. The third-order valence-electron chi connectivity index (χ3n) is 17.3. The highest BCUT2D eigenvalue weighted by molar-refractivity contribution is 6.30. The van der Waals surface area contributed by atoms with E-state index in [2.05, 4.69) is 78.4 Å². The number of esters is 1. The molecule has 8 nitrogen and oxygen atoms in total. The Labute approximate surface area is 349 Å². The number of carbonyl (C=O) groups excluding carboxylic acids is 1. The number of ether oxygens (including phenoxy) is 1. The highest BCUT2D eigenvalue weighted by Gasteiger charge is 2.70. The maximum atomic E-state index is 13.2. The van der Waals surface area contributed by atoms with Crippen LogP contribution in [-0.2, 0) is 20.9 Å². The molecule has 0 aliphatic heterocycles. The molecule has 1 aromatic carbocycles. The van der Waals surface area contributed by atoms with Gasteiger partial charge in [-0.1, -0.05) is 77.8 Å². The monoisotopic (exact) mass is 811 g/mol. The Balaban J connectivity index is 1.29. The van der Waals surface area contributed by atoms with E-state index < -0.39 is 35.0 Å². The smallest absolute Gasteiger partial charge is 0.309 e. The normalized spacial score (nSPS) is 36.8. The number of aliphatic hydroxyl groups excluding tert-OH is 2. The number of hydrogen-bond donors (Lipinski definition) is 3. The van der Waals surface area contributed by atoms with Crippen LogP contribution in [0.1, 0.15) is 132 Å². The first-order valence-corrected chi connectivity index (χ1v) is 22.5. The standard InChI is InChI=1S/C48H75ClN2O6/c1-30(2)40-34(52)26-48(37(53)29-51(24-23-50(10)11)28-31-13-12-14-32(49)25-31)22-21-46(8)33(41(40)48)15-16-36-45(7)19-18-38(57-39(54)27-43(3,4)42(55)56)44(5,6)35(45)17-20-47(36,46)9/h12-14,25,30,33-38,52-53H,15-24,26-29H2,1-11H3,(H,55,56)/t33-,34?,35+,36-,37+,38+,45+,46-,47-,48+/m1/s1. The predicted octanol–water partition coefficient (Wildman–Crippen LogP) is 9.25. The van der Waals surface area contributed by atoms with E-state index in [0.717, 1.165) is 75.0 Å². The van der Waals surface area contributed by atoms with Gasteiger partial charge in [-0.2, -0.15) is 0 Å². The van der Waals surface area contributed by atoms with Crippen LogP contribution in [0.15, 0.2) is 35.4 Å². The number of carbonyl (C=O) groups is 2. The lowest BCUT2D eigenvalue weighted by molar-refractivity contribution is -0.235. The lowest BCUT2D eigenvalue weighted by Gasteiger charge is -2.72. The SMILES string of the molecule is CC(C)C1=C2[C@H]3CC[C@@H]4[C@@]5(C)CC[C@H](OC(=O)CC(C)(C)C(=O)O)C(C)(C)[C@@H]5CC[C@@]4(C)[C@]3(C)CC[C@@]2([C@@H](O)CN(CCN(C)C)Cc2cccc(Cl)c2)CC1O. The maximum absolute atomic E-state index is 13.2. The van der Waals surface area contributed by atoms with Crippen LogP contribution in [-0.4, -0.2) is 89.1 Å². The van der Waals surface area contributed by atoms with Crippen molar-refractivity contribution < 1.29 is 29.6 Å². The Morgan fingerprint density at radius 1 is 0.947 bits per heavy atom. The second-order valence-electron chi connectivity index (χ2n) is 21.9. The third-order valence-corrected chi connectivity index (χ3v) is 17.5. The zero-order chi connectivity index (χ0) is 42.1. The Hall–Kier alpha value is -1.97. The molecule has 1 unspecified atom stereocenters. The van der Waals surface area contributed by atoms with E-state index in [1.54, 1.807) is 13.8 Å². The molecule has 0 saturated heterocycles. The van der Waals surface area contributed by atoms with E-state index in [9.17, 15) is 24.9 Å². The molecule has 0 amide bonds. The molecule has 3 N–H and O–H groups in total. The van der Waals surface area contributed by atoms with Crippen LogP contribution in [0.25, 0.3) is 0 Å². The number of rotatable bonds is 13. The summed E-state index contributed by atoms with van der Waals surface area (Å²) in [5, 5.41) is 35.1. The number of nitrogens with zero attached hydrogens (tertiary/aromatic N) is 2. The van der Waals surface area contributed by atoms with Crippen molar-refractivity contribution in [2.24, 2.45) is 56.2 Å². The Morgan fingerprint density at radius 3 is 2.28 bits per heavy atom. The summed E-state index contributed by atoms with van der Waals surface area (Å²) in [5.74, 6) is -0.0384. The molecule has 57 heavy (non-hydrogen) atoms. The fourth-order valence-corrected chi connectivity index (χ4v) is 14.3. The number of carboxylic acids is 1. The molecule has 5 aliphatic rings. The van der Waals surface area contributed by atoms with Crippen molar-refractivity contribution >= 4 is 23.5 Å². The molecule has 4 saturated carbocycles. The molecule has 9 heteroatoms. The number of aliphatic carboxylic acids is 1. The number of hydrogen-bond acceptors (Lipinski definition) is 7. The minimum Gasteiger partial charge on any atom is -0.481 e. The van der Waals surface area contributed by atoms with Crippen LogP contribution in [0.4, 0.5) is 0 Å². The van der Waals surface area contributed by atoms with Gasteiger partial charge in [0, 0.05) is 42.0 Å². The van der Waals surface area contributed by atoms with Gasteiger partial charge in [0.1, 0.15) is 6.10 Å². The van der Waals surface area contributed by atoms with Gasteiger partial charge in [-0.25, -0.2) is 0 Å². The summed E-state index contributed by atoms with van der Waals surface area (Å²) in [5.41, 5.74) is 2.00. The van der Waals surface area contributed by atoms with Gasteiger partial charge in [0.15, 0.2) is 0 Å². The number of benzene rings is 1. The molecule has 10 atom stereocenters. The molecule has 0 spiro atoms. The molecule has 0 radical (unpaired) electrons. The average Bonchev–Trinajstić information content (AvgIpc) is 3.42. The molecule has 320 valence electrons. The molecular formula is C48H75ClN2O6. The first-order valence-electron chi connectivity index (χ1n) is 22.1. The molecular weight excluding hydrogens is 736 g/mol. The van der Waals surface area contributed by atoms with Gasteiger partial charge in [-0.3, -0.25) is 14.5 Å². The summed E-state index contributed by atoms with van der Waals surface area (Å²) in [6, 6.07) is 8.05. The Bertz CT molecular complexity index is 1710. The predicted molar refractivity (Wildman–Crippen MR) is 228 cm³/mol. The van der Waals surface area contributed by atoms with Gasteiger partial charge < -0.3 is 25.0 Å². The van der Waals surface area contributed by atoms with Gasteiger partial charge >= 0.3 is 11.9 Å². The van der Waals surface area contributed by atoms with E-state index >= 15 is 0 Å². The van der Waals surface area contributed by atoms with Crippen molar-refractivity contribution in [3.8, 4) is 0 Å². The quantitative estimate of drug-likeness (QED) is 0.134. The molecule has 1 aromatic rings. The minimum atomic E-state index is -1.17. The zero-order valence-electron chi connectivity index (χ0n) is 37.1. The van der Waals surface area contributed by atoms with Gasteiger partial charge in [-0.05, 0) is 149 Å². The molecule has 6 rings (SSSR count). The maximum Gasteiger partial charge on any atom is 0.309 e. The van der Waals surface area contributed by atoms with Crippen LogP contribution >= 0.6 is 11.6 Å². The second kappa shape index (κ2) is 15.8. The molecule has 4 fully saturated rings. The summed E-state index contributed by atoms with van der Waals surface area (Å²) in [4.78, 5) is 29.6. The Morgan fingerprint density at radius 2 is 1.65 bits per heavy atom. The van der Waals surface area contributed by atoms with E-state index in [-0.39, 0.29) is 40.1 Å². The lowest BCUT2D eigenvalue weighted by atomic mass is 9.33. The lowest BCUT2D eigenvalue weighted by Crippen LogP contribution is -2.66. The summed E-state index contributed by atoms with van der Waals surface area (Å²) in [6.07, 6.45) is 7.07. The van der Waals surface area contributed by atoms with Gasteiger partial charge in [0.05, 0.1) is 24.0 Å². The largest absolute Gasteiger partial charge is 0.481 e.